The highest BCUT2D eigenvalue weighted by Crippen LogP contribution is 2.22. The Balaban J connectivity index is 2.35. The number of aliphatic hydroxyl groups excluding tert-OH is 1. The largest absolute Gasteiger partial charge is 0.396 e. The standard InChI is InChI=1S/C11H23N3O/c1-9(11(12)13)8-14-6-2-4-10(14)5-3-7-15/h9-10,15H,2-8H2,1H3,(H3,12,13). The topological polar surface area (TPSA) is 73.3 Å². The zero-order valence-corrected chi connectivity index (χ0v) is 9.58. The highest BCUT2D eigenvalue weighted by molar-refractivity contribution is 5.79. The third-order valence-electron chi connectivity index (χ3n) is 3.23. The molecule has 15 heavy (non-hydrogen) atoms. The third-order valence-corrected chi connectivity index (χ3v) is 3.23. The number of nitrogens with two attached hydrogens (primary N) is 1. The molecule has 1 fully saturated rings. The van der Waals surface area contributed by atoms with Crippen molar-refractivity contribution >= 4 is 5.84 Å². The van der Waals surface area contributed by atoms with Gasteiger partial charge in [0.2, 0.25) is 0 Å². The maximum absolute atomic E-state index is 8.81. The quantitative estimate of drug-likeness (QED) is 0.451. The molecule has 0 spiro atoms. The van der Waals surface area contributed by atoms with Crippen LogP contribution in [0, 0.1) is 11.3 Å². The van der Waals surface area contributed by atoms with Gasteiger partial charge < -0.3 is 10.8 Å². The van der Waals surface area contributed by atoms with Gasteiger partial charge in [-0.25, -0.2) is 0 Å². The number of amidine groups is 1. The van der Waals surface area contributed by atoms with E-state index in [1.807, 2.05) is 6.92 Å². The van der Waals surface area contributed by atoms with Crippen molar-refractivity contribution in [3.8, 4) is 0 Å². The fraction of sp³-hybridized carbons (Fsp3) is 0.909. The molecule has 0 saturated carbocycles. The van der Waals surface area contributed by atoms with Gasteiger partial charge in [-0.15, -0.1) is 0 Å². The maximum atomic E-state index is 8.81. The first-order chi connectivity index (χ1) is 7.15. The first-order valence-electron chi connectivity index (χ1n) is 5.84. The summed E-state index contributed by atoms with van der Waals surface area (Å²) in [5, 5.41) is 16.2. The SMILES string of the molecule is CC(CN1CCCC1CCCO)C(=N)N. The molecule has 1 heterocycles. The molecule has 2 atom stereocenters. The van der Waals surface area contributed by atoms with E-state index in [2.05, 4.69) is 4.90 Å². The summed E-state index contributed by atoms with van der Waals surface area (Å²) >= 11 is 0. The number of nitrogens with one attached hydrogen (secondary N) is 1. The van der Waals surface area contributed by atoms with Gasteiger partial charge in [-0.1, -0.05) is 6.92 Å². The summed E-state index contributed by atoms with van der Waals surface area (Å²) in [6, 6.07) is 0.596. The molecule has 0 aromatic rings. The van der Waals surface area contributed by atoms with Gasteiger partial charge >= 0.3 is 0 Å². The third kappa shape index (κ3) is 3.80. The van der Waals surface area contributed by atoms with Crippen molar-refractivity contribution in [1.29, 1.82) is 5.41 Å². The normalized spacial score (nSPS) is 24.3. The van der Waals surface area contributed by atoms with Crippen molar-refractivity contribution in [3.05, 3.63) is 0 Å². The van der Waals surface area contributed by atoms with Crippen LogP contribution in [0.5, 0.6) is 0 Å². The summed E-state index contributed by atoms with van der Waals surface area (Å²) in [6.45, 7) is 4.30. The Kier molecular flexibility index (Phi) is 5.05. The molecule has 1 rings (SSSR count). The Morgan fingerprint density at radius 2 is 2.40 bits per heavy atom. The summed E-state index contributed by atoms with van der Waals surface area (Å²) in [6.07, 6.45) is 4.42. The van der Waals surface area contributed by atoms with Gasteiger partial charge in [-0.05, 0) is 32.2 Å². The van der Waals surface area contributed by atoms with Crippen molar-refractivity contribution in [1.82, 2.24) is 4.90 Å². The summed E-state index contributed by atoms with van der Waals surface area (Å²) in [5.74, 6) is 0.433. The lowest BCUT2D eigenvalue weighted by Gasteiger charge is -2.26. The first kappa shape index (κ1) is 12.5. The highest BCUT2D eigenvalue weighted by Gasteiger charge is 2.25. The number of rotatable bonds is 6. The van der Waals surface area contributed by atoms with Crippen molar-refractivity contribution in [3.63, 3.8) is 0 Å². The van der Waals surface area contributed by atoms with Crippen LogP contribution in [0.2, 0.25) is 0 Å². The van der Waals surface area contributed by atoms with E-state index < -0.39 is 0 Å². The lowest BCUT2D eigenvalue weighted by atomic mass is 10.1. The van der Waals surface area contributed by atoms with E-state index in [4.69, 9.17) is 16.2 Å². The molecule has 88 valence electrons. The predicted octanol–water partition coefficient (Wildman–Crippen LogP) is 0.795. The zero-order valence-electron chi connectivity index (χ0n) is 9.58. The molecule has 2 unspecified atom stereocenters. The summed E-state index contributed by atoms with van der Waals surface area (Å²) in [4.78, 5) is 2.42. The van der Waals surface area contributed by atoms with Crippen LogP contribution in [0.4, 0.5) is 0 Å². The molecule has 4 N–H and O–H groups in total. The molecule has 4 nitrogen and oxygen atoms in total. The van der Waals surface area contributed by atoms with Crippen LogP contribution in [0.15, 0.2) is 0 Å². The number of nitrogens with zero attached hydrogens (tertiary/aromatic N) is 1. The molecule has 0 aliphatic carbocycles. The second-order valence-electron chi connectivity index (χ2n) is 4.51. The fourth-order valence-electron chi connectivity index (χ4n) is 2.24. The van der Waals surface area contributed by atoms with Crippen molar-refractivity contribution in [2.75, 3.05) is 19.7 Å². The Bertz CT molecular complexity index is 208. The van der Waals surface area contributed by atoms with E-state index in [1.54, 1.807) is 0 Å². The Morgan fingerprint density at radius 1 is 1.67 bits per heavy atom. The van der Waals surface area contributed by atoms with E-state index in [0.717, 1.165) is 25.9 Å². The van der Waals surface area contributed by atoms with Gasteiger partial charge in [0.15, 0.2) is 0 Å². The Labute approximate surface area is 92.0 Å². The molecular weight excluding hydrogens is 190 g/mol. The number of likely N-dealkylation sites (tertiary alicyclic amines) is 1. The highest BCUT2D eigenvalue weighted by atomic mass is 16.2. The summed E-state index contributed by atoms with van der Waals surface area (Å²) in [5.41, 5.74) is 5.48. The lowest BCUT2D eigenvalue weighted by Crippen LogP contribution is -2.37. The molecule has 0 aromatic carbocycles. The van der Waals surface area contributed by atoms with Gasteiger partial charge in [0.25, 0.3) is 0 Å². The average molecular weight is 213 g/mol. The minimum absolute atomic E-state index is 0.153. The van der Waals surface area contributed by atoms with Crippen LogP contribution in [0.25, 0.3) is 0 Å². The van der Waals surface area contributed by atoms with Gasteiger partial charge in [0, 0.05) is 25.1 Å². The summed E-state index contributed by atoms with van der Waals surface area (Å²) < 4.78 is 0. The molecular formula is C11H23N3O. The van der Waals surface area contributed by atoms with Gasteiger partial charge in [-0.3, -0.25) is 10.3 Å². The summed E-state index contributed by atoms with van der Waals surface area (Å²) in [7, 11) is 0. The Hall–Kier alpha value is -0.610. The van der Waals surface area contributed by atoms with Crippen molar-refractivity contribution in [2.24, 2.45) is 11.7 Å². The van der Waals surface area contributed by atoms with E-state index in [0.29, 0.717) is 6.04 Å². The minimum atomic E-state index is 0.153. The van der Waals surface area contributed by atoms with Crippen LogP contribution in [0.3, 0.4) is 0 Å². The van der Waals surface area contributed by atoms with Crippen LogP contribution < -0.4 is 5.73 Å². The average Bonchev–Trinajstić information content (AvgIpc) is 2.62. The molecule has 0 radical (unpaired) electrons. The van der Waals surface area contributed by atoms with Gasteiger partial charge in [0.1, 0.15) is 0 Å². The van der Waals surface area contributed by atoms with E-state index >= 15 is 0 Å². The van der Waals surface area contributed by atoms with Gasteiger partial charge in [0.05, 0.1) is 5.84 Å². The molecule has 0 amide bonds. The predicted molar refractivity (Wildman–Crippen MR) is 62.0 cm³/mol. The van der Waals surface area contributed by atoms with Crippen LogP contribution in [-0.2, 0) is 0 Å². The minimum Gasteiger partial charge on any atom is -0.396 e. The second kappa shape index (κ2) is 6.08. The number of hydrogen-bond acceptors (Lipinski definition) is 3. The van der Waals surface area contributed by atoms with Crippen LogP contribution in [-0.4, -0.2) is 41.6 Å². The second-order valence-corrected chi connectivity index (χ2v) is 4.51. The maximum Gasteiger partial charge on any atom is 0.0947 e. The number of aliphatic hydroxyl groups is 1. The molecule has 0 aromatic heterocycles. The van der Waals surface area contributed by atoms with Crippen molar-refractivity contribution < 1.29 is 5.11 Å². The molecule has 1 aliphatic rings. The molecule has 1 aliphatic heterocycles. The molecule has 1 saturated heterocycles. The van der Waals surface area contributed by atoms with Crippen LogP contribution in [0.1, 0.15) is 32.6 Å². The Morgan fingerprint density at radius 3 is 3.00 bits per heavy atom. The number of hydrogen-bond donors (Lipinski definition) is 3. The van der Waals surface area contributed by atoms with Gasteiger partial charge in [-0.2, -0.15) is 0 Å². The first-order valence-corrected chi connectivity index (χ1v) is 5.84. The zero-order chi connectivity index (χ0) is 11.3. The fourth-order valence-corrected chi connectivity index (χ4v) is 2.24. The van der Waals surface area contributed by atoms with E-state index in [1.165, 1.54) is 12.8 Å². The smallest absolute Gasteiger partial charge is 0.0947 e. The molecule has 0 bridgehead atoms. The molecule has 4 heteroatoms. The van der Waals surface area contributed by atoms with E-state index in [9.17, 15) is 0 Å². The van der Waals surface area contributed by atoms with Crippen molar-refractivity contribution in [2.45, 2.75) is 38.6 Å². The van der Waals surface area contributed by atoms with E-state index in [-0.39, 0.29) is 18.4 Å². The lowest BCUT2D eigenvalue weighted by molar-refractivity contribution is 0.207. The van der Waals surface area contributed by atoms with Crippen LogP contribution >= 0.6 is 0 Å². The monoisotopic (exact) mass is 213 g/mol.